The van der Waals surface area contributed by atoms with Crippen molar-refractivity contribution in [1.82, 2.24) is 15.5 Å². The number of phenolic OH excluding ortho intramolecular Hbond substituents is 1. The Labute approximate surface area is 401 Å². The lowest BCUT2D eigenvalue weighted by atomic mass is 9.88. The molecule has 0 aliphatic carbocycles. The number of fused-ring (bicyclic) bond motifs is 1. The van der Waals surface area contributed by atoms with Crippen LogP contribution >= 0.6 is 19.0 Å². The molecular formula is C52H51IN3O7PS. The van der Waals surface area contributed by atoms with Crippen LogP contribution in [-0.2, 0) is 23.9 Å². The second kappa shape index (κ2) is 20.2. The van der Waals surface area contributed by atoms with Gasteiger partial charge in [0, 0.05) is 12.3 Å². The number of carbonyl (C=O) groups excluding carboxylic acids is 4. The summed E-state index contributed by atoms with van der Waals surface area (Å²) in [6.07, 6.45) is -1.18. The lowest BCUT2D eigenvalue weighted by Gasteiger charge is -2.54. The number of β-lactam (4-membered cyclic amide) rings is 1. The zero-order valence-corrected chi connectivity index (χ0v) is 40.1. The summed E-state index contributed by atoms with van der Waals surface area (Å²) in [5.41, 5.74) is -0.0345. The monoisotopic (exact) mass is 1020 g/mol. The summed E-state index contributed by atoms with van der Waals surface area (Å²) in [7, 11) is -2.68. The quantitative estimate of drug-likeness (QED) is 0.0659. The zero-order valence-electron chi connectivity index (χ0n) is 36.3. The maximum Gasteiger partial charge on any atom is 0.408 e. The molecule has 334 valence electrons. The number of nitrogens with one attached hydrogen (secondary N) is 2. The molecule has 0 radical (unpaired) electrons. The molecule has 2 aliphatic rings. The molecule has 4 atom stereocenters. The fraction of sp³-hybridized carbons (Fsp3) is 0.231. The molecule has 2 saturated heterocycles. The Morgan fingerprint density at radius 2 is 1.18 bits per heavy atom. The number of carbonyl (C=O) groups is 4. The molecular weight excluding hydrogens is 969 g/mol. The first kappa shape index (κ1) is 47.3. The Morgan fingerprint density at radius 1 is 0.723 bits per heavy atom. The van der Waals surface area contributed by atoms with E-state index in [1.807, 2.05) is 115 Å². The van der Waals surface area contributed by atoms with E-state index in [4.69, 9.17) is 9.47 Å². The van der Waals surface area contributed by atoms with Gasteiger partial charge in [-0.2, -0.15) is 0 Å². The number of halogens is 1. The van der Waals surface area contributed by atoms with Crippen molar-refractivity contribution in [2.75, 3.05) is 18.5 Å². The van der Waals surface area contributed by atoms with Gasteiger partial charge in [0.1, 0.15) is 57.4 Å². The first-order chi connectivity index (χ1) is 30.9. The molecule has 3 amide bonds. The SMILES string of the molecule is CC(C)(C)OC(=O)NC(C(=O)NC1C(=O)N2CC(C[P+](c3ccccc3)(c3ccccc3)c3ccccc3)(C(=O)OC(c3ccccc3)c3ccccc3)CS[C@H]12)c1ccc(O)cc1.[I-]. The number of esters is 1. The minimum atomic E-state index is -2.68. The summed E-state index contributed by atoms with van der Waals surface area (Å²) in [5, 5.41) is 18.3. The highest BCUT2D eigenvalue weighted by molar-refractivity contribution is 8.00. The number of alkyl carbamates (subject to hydrolysis) is 1. The normalized spacial score (nSPS) is 18.5. The molecule has 0 bridgehead atoms. The number of hydrogen-bond acceptors (Lipinski definition) is 8. The Hall–Kier alpha value is -5.69. The second-order valence-corrected chi connectivity index (χ2v) is 21.8. The first-order valence-electron chi connectivity index (χ1n) is 21.2. The second-order valence-electron chi connectivity index (χ2n) is 17.2. The number of hydrogen-bond donors (Lipinski definition) is 3. The highest BCUT2D eigenvalue weighted by Crippen LogP contribution is 2.61. The molecule has 3 unspecified atom stereocenters. The molecule has 2 heterocycles. The molecule has 6 aromatic rings. The molecule has 13 heteroatoms. The van der Waals surface area contributed by atoms with E-state index in [1.54, 1.807) is 25.7 Å². The number of nitrogens with zero attached hydrogens (tertiary/aromatic N) is 1. The Morgan fingerprint density at radius 3 is 1.65 bits per heavy atom. The van der Waals surface area contributed by atoms with Gasteiger partial charge in [0.2, 0.25) is 11.8 Å². The third kappa shape index (κ3) is 10.2. The zero-order chi connectivity index (χ0) is 44.9. The fourth-order valence-corrected chi connectivity index (χ4v) is 15.0. The van der Waals surface area contributed by atoms with Crippen LogP contribution in [0.25, 0.3) is 0 Å². The van der Waals surface area contributed by atoms with Gasteiger partial charge in [-0.1, -0.05) is 127 Å². The Kier molecular flexibility index (Phi) is 14.7. The molecule has 8 rings (SSSR count). The summed E-state index contributed by atoms with van der Waals surface area (Å²) >= 11 is 1.44. The highest BCUT2D eigenvalue weighted by Gasteiger charge is 2.63. The van der Waals surface area contributed by atoms with Gasteiger partial charge >= 0.3 is 12.1 Å². The third-order valence-electron chi connectivity index (χ3n) is 11.6. The van der Waals surface area contributed by atoms with E-state index >= 15 is 4.79 Å². The Bertz CT molecular complexity index is 2440. The van der Waals surface area contributed by atoms with Crippen LogP contribution in [0, 0.1) is 5.41 Å². The van der Waals surface area contributed by atoms with Gasteiger partial charge in [-0.15, -0.1) is 11.8 Å². The summed E-state index contributed by atoms with van der Waals surface area (Å²) in [5.74, 6) is -1.12. The molecule has 2 aliphatic heterocycles. The predicted octanol–water partition coefficient (Wildman–Crippen LogP) is 4.68. The highest BCUT2D eigenvalue weighted by atomic mass is 127. The van der Waals surface area contributed by atoms with Gasteiger partial charge in [0.05, 0.1) is 6.16 Å². The van der Waals surface area contributed by atoms with Crippen molar-refractivity contribution >= 4 is 58.8 Å². The standard InChI is InChI=1S/C52H50N3O7PS.HI/c1-51(2,3)62-50(60)54-43(36-29-31-39(56)32-30-36)46(57)53-44-47(58)55-33-52(35-64-48(44)55,49(59)61-45(37-19-9-4-10-20-37)38-21-11-5-12-22-38)34-63(40-23-13-6-14-24-40,41-25-15-7-16-26-41)42-27-17-8-18-28-42;/h4-32,43-45,48H,33-35H2,1-3H3,(H2-,53,54,56,57,60);1H/t43?,44?,48-,52?;/m1./s1. The van der Waals surface area contributed by atoms with E-state index in [0.29, 0.717) is 11.7 Å². The van der Waals surface area contributed by atoms with Gasteiger partial charge in [-0.05, 0) is 86.0 Å². The van der Waals surface area contributed by atoms with Crippen LogP contribution in [-0.4, -0.2) is 69.4 Å². The van der Waals surface area contributed by atoms with Crippen LogP contribution in [0.5, 0.6) is 5.75 Å². The lowest BCUT2D eigenvalue weighted by molar-refractivity contribution is -0.164. The maximum atomic E-state index is 15.7. The largest absolute Gasteiger partial charge is 1.00 e. The van der Waals surface area contributed by atoms with Gasteiger partial charge in [0.15, 0.2) is 6.10 Å². The van der Waals surface area contributed by atoms with E-state index in [1.165, 1.54) is 36.0 Å². The molecule has 0 spiro atoms. The summed E-state index contributed by atoms with van der Waals surface area (Å²) < 4.78 is 12.3. The van der Waals surface area contributed by atoms with Crippen LogP contribution < -0.4 is 50.5 Å². The maximum absolute atomic E-state index is 15.7. The van der Waals surface area contributed by atoms with Crippen LogP contribution in [0.15, 0.2) is 176 Å². The van der Waals surface area contributed by atoms with Crippen LogP contribution in [0.3, 0.4) is 0 Å². The smallest absolute Gasteiger partial charge is 0.408 e. The van der Waals surface area contributed by atoms with Gasteiger partial charge < -0.3 is 54.1 Å². The first-order valence-corrected chi connectivity index (χ1v) is 24.3. The van der Waals surface area contributed by atoms with Crippen molar-refractivity contribution in [2.45, 2.75) is 49.9 Å². The number of thioether (sulfide) groups is 1. The van der Waals surface area contributed by atoms with E-state index in [9.17, 15) is 19.5 Å². The topological polar surface area (TPSA) is 134 Å². The van der Waals surface area contributed by atoms with Crippen molar-refractivity contribution in [3.8, 4) is 5.75 Å². The Balaban J connectivity index is 0.00000630. The number of benzene rings is 6. The number of aromatic hydroxyl groups is 1. The number of amides is 3. The van der Waals surface area contributed by atoms with Gasteiger partial charge in [-0.25, -0.2) is 4.79 Å². The van der Waals surface area contributed by atoms with Gasteiger partial charge in [-0.3, -0.25) is 14.4 Å². The van der Waals surface area contributed by atoms with Crippen LogP contribution in [0.2, 0.25) is 0 Å². The fourth-order valence-electron chi connectivity index (χ4n) is 8.58. The van der Waals surface area contributed by atoms with E-state index in [2.05, 4.69) is 47.0 Å². The summed E-state index contributed by atoms with van der Waals surface area (Å²) in [6, 6.07) is 54.1. The lowest BCUT2D eigenvalue weighted by Crippen LogP contribution is -3.00. The predicted molar refractivity (Wildman–Crippen MR) is 253 cm³/mol. The minimum absolute atomic E-state index is 0. The molecule has 0 aromatic heterocycles. The van der Waals surface area contributed by atoms with Crippen molar-refractivity contribution in [1.29, 1.82) is 0 Å². The molecule has 10 nitrogen and oxygen atoms in total. The molecule has 65 heavy (non-hydrogen) atoms. The van der Waals surface area contributed by atoms with Crippen LogP contribution in [0.4, 0.5) is 4.79 Å². The molecule has 0 saturated carbocycles. The van der Waals surface area contributed by atoms with E-state index in [0.717, 1.165) is 27.0 Å². The van der Waals surface area contributed by atoms with E-state index in [-0.39, 0.29) is 47.9 Å². The van der Waals surface area contributed by atoms with Crippen LogP contribution in [0.1, 0.15) is 49.6 Å². The van der Waals surface area contributed by atoms with Crippen molar-refractivity contribution in [3.05, 3.63) is 193 Å². The third-order valence-corrected chi connectivity index (χ3v) is 17.8. The van der Waals surface area contributed by atoms with E-state index < -0.39 is 59.8 Å². The minimum Gasteiger partial charge on any atom is -1.00 e. The van der Waals surface area contributed by atoms with Crippen molar-refractivity contribution in [3.63, 3.8) is 0 Å². The molecule has 2 fully saturated rings. The molecule has 6 aromatic carbocycles. The van der Waals surface area contributed by atoms with Crippen molar-refractivity contribution in [2.24, 2.45) is 5.41 Å². The average Bonchev–Trinajstić information content (AvgIpc) is 3.32. The average molecular weight is 1020 g/mol. The summed E-state index contributed by atoms with van der Waals surface area (Å²) in [4.78, 5) is 59.0. The van der Waals surface area contributed by atoms with Gasteiger partial charge in [0.25, 0.3) is 0 Å². The summed E-state index contributed by atoms with van der Waals surface area (Å²) in [6.45, 7) is 5.20. The van der Waals surface area contributed by atoms with Crippen molar-refractivity contribution < 1.29 is 57.7 Å². The number of ether oxygens (including phenoxy) is 2. The number of phenols is 1. The number of rotatable bonds is 13. The molecule has 3 N–H and O–H groups in total.